The molecule has 0 spiro atoms. The third kappa shape index (κ3) is 3.48. The fraction of sp³-hybridized carbons (Fsp3) is 0.429. The van der Waals surface area contributed by atoms with E-state index in [9.17, 15) is 14.7 Å². The summed E-state index contributed by atoms with van der Waals surface area (Å²) in [6.07, 6.45) is -0.799. The summed E-state index contributed by atoms with van der Waals surface area (Å²) in [6, 6.07) is 13.2. The second kappa shape index (κ2) is 7.50. The Balaban J connectivity index is 1.50. The Morgan fingerprint density at radius 3 is 2.57 bits per heavy atom. The van der Waals surface area contributed by atoms with Crippen molar-refractivity contribution >= 4 is 22.7 Å². The first kappa shape index (κ1) is 18.9. The molecule has 2 aromatic rings. The molecule has 2 aromatic carbocycles. The maximum absolute atomic E-state index is 13.1. The Morgan fingerprint density at radius 1 is 1.11 bits per heavy atom. The van der Waals surface area contributed by atoms with Gasteiger partial charge in [0.1, 0.15) is 5.54 Å². The minimum absolute atomic E-state index is 0.0226. The molecule has 148 valence electrons. The van der Waals surface area contributed by atoms with E-state index < -0.39 is 17.7 Å². The van der Waals surface area contributed by atoms with E-state index >= 15 is 0 Å². The lowest BCUT2D eigenvalue weighted by Crippen LogP contribution is -2.46. The van der Waals surface area contributed by atoms with Gasteiger partial charge in [0.15, 0.2) is 0 Å². The molecule has 2 saturated heterocycles. The smallest absolute Gasteiger partial charge is 0.325 e. The summed E-state index contributed by atoms with van der Waals surface area (Å²) in [6.45, 7) is 4.85. The number of amides is 3. The molecule has 0 saturated carbocycles. The number of imide groups is 1. The number of morpholine rings is 1. The lowest BCUT2D eigenvalue weighted by Gasteiger charge is -2.29. The minimum atomic E-state index is -1.14. The zero-order valence-corrected chi connectivity index (χ0v) is 15.9. The molecule has 7 heteroatoms. The molecule has 2 aliphatic heterocycles. The van der Waals surface area contributed by atoms with Crippen LogP contribution in [-0.2, 0) is 15.1 Å². The Morgan fingerprint density at radius 2 is 1.82 bits per heavy atom. The van der Waals surface area contributed by atoms with E-state index in [0.29, 0.717) is 19.8 Å². The molecule has 28 heavy (non-hydrogen) atoms. The number of β-amino-alcohol motifs (C(OH)–C–C–N with tert-alkyl or cyclic N) is 1. The van der Waals surface area contributed by atoms with Crippen LogP contribution in [-0.4, -0.2) is 72.3 Å². The predicted molar refractivity (Wildman–Crippen MR) is 105 cm³/mol. The molecule has 2 aliphatic rings. The van der Waals surface area contributed by atoms with Gasteiger partial charge in [-0.2, -0.15) is 0 Å². The first-order chi connectivity index (χ1) is 13.5. The average Bonchev–Trinajstić information content (AvgIpc) is 2.92. The first-order valence-electron chi connectivity index (χ1n) is 9.59. The van der Waals surface area contributed by atoms with Crippen LogP contribution in [0.4, 0.5) is 4.79 Å². The second-order valence-corrected chi connectivity index (χ2v) is 7.60. The summed E-state index contributed by atoms with van der Waals surface area (Å²) in [5.74, 6) is -0.339. The Hall–Kier alpha value is -2.48. The number of urea groups is 1. The Kier molecular flexibility index (Phi) is 5.05. The van der Waals surface area contributed by atoms with Crippen LogP contribution in [0.25, 0.3) is 10.8 Å². The Bertz CT molecular complexity index is 896. The molecule has 2 N–H and O–H groups in total. The molecule has 2 atom stereocenters. The van der Waals surface area contributed by atoms with E-state index in [4.69, 9.17) is 4.74 Å². The quantitative estimate of drug-likeness (QED) is 0.761. The molecule has 3 amide bonds. The number of carbonyl (C=O) groups excluding carboxylic acids is 2. The summed E-state index contributed by atoms with van der Waals surface area (Å²) in [7, 11) is 0. The molecule has 7 nitrogen and oxygen atoms in total. The monoisotopic (exact) mass is 383 g/mol. The summed E-state index contributed by atoms with van der Waals surface area (Å²) in [5, 5.41) is 15.3. The highest BCUT2D eigenvalue weighted by atomic mass is 16.5. The van der Waals surface area contributed by atoms with Crippen molar-refractivity contribution in [1.82, 2.24) is 15.1 Å². The van der Waals surface area contributed by atoms with E-state index in [1.807, 2.05) is 42.5 Å². The minimum Gasteiger partial charge on any atom is -0.390 e. The molecular formula is C21H25N3O4. The predicted octanol–water partition coefficient (Wildman–Crippen LogP) is 1.30. The lowest BCUT2D eigenvalue weighted by molar-refractivity contribution is -0.132. The maximum atomic E-state index is 13.1. The molecule has 0 unspecified atom stereocenters. The summed E-state index contributed by atoms with van der Waals surface area (Å²) < 4.78 is 5.30. The van der Waals surface area contributed by atoms with Crippen LogP contribution < -0.4 is 5.32 Å². The van der Waals surface area contributed by atoms with Crippen molar-refractivity contribution in [1.29, 1.82) is 0 Å². The third-order valence-corrected chi connectivity index (χ3v) is 5.57. The standard InChI is InChI=1S/C21H25N3O4/c1-21(17-7-6-15-4-2-3-5-16(15)12-17)19(26)24(20(27)22-21)14-18(25)13-23-8-10-28-11-9-23/h2-7,12,18,25H,8-11,13-14H2,1H3,(H,22,27)/t18-,21-/m1/s1. The SMILES string of the molecule is C[C@]1(c2ccc3ccccc3c2)NC(=O)N(C[C@H](O)CN2CCOCC2)C1=O. The van der Waals surface area contributed by atoms with Crippen LogP contribution in [0.2, 0.25) is 0 Å². The van der Waals surface area contributed by atoms with Crippen LogP contribution in [0.5, 0.6) is 0 Å². The fourth-order valence-electron chi connectivity index (χ4n) is 3.91. The van der Waals surface area contributed by atoms with Gasteiger partial charge >= 0.3 is 6.03 Å². The van der Waals surface area contributed by atoms with Gasteiger partial charge in [-0.3, -0.25) is 14.6 Å². The zero-order chi connectivity index (χ0) is 19.7. The molecular weight excluding hydrogens is 358 g/mol. The first-order valence-corrected chi connectivity index (χ1v) is 9.59. The van der Waals surface area contributed by atoms with Crippen molar-refractivity contribution in [3.63, 3.8) is 0 Å². The highest BCUT2D eigenvalue weighted by molar-refractivity contribution is 6.07. The highest BCUT2D eigenvalue weighted by Crippen LogP contribution is 2.31. The van der Waals surface area contributed by atoms with Crippen molar-refractivity contribution in [3.8, 4) is 0 Å². The number of aliphatic hydroxyl groups is 1. The number of aliphatic hydroxyl groups excluding tert-OH is 1. The summed E-state index contributed by atoms with van der Waals surface area (Å²) in [4.78, 5) is 28.8. The van der Waals surface area contributed by atoms with Crippen molar-refractivity contribution in [2.45, 2.75) is 18.6 Å². The summed E-state index contributed by atoms with van der Waals surface area (Å²) in [5.41, 5.74) is -0.408. The molecule has 4 rings (SSSR count). The summed E-state index contributed by atoms with van der Waals surface area (Å²) >= 11 is 0. The number of nitrogens with one attached hydrogen (secondary N) is 1. The van der Waals surface area contributed by atoms with Crippen LogP contribution in [0.1, 0.15) is 12.5 Å². The fourth-order valence-corrected chi connectivity index (χ4v) is 3.91. The van der Waals surface area contributed by atoms with Crippen LogP contribution in [0.3, 0.4) is 0 Å². The molecule has 0 aliphatic carbocycles. The van der Waals surface area contributed by atoms with Gasteiger partial charge in [0, 0.05) is 19.6 Å². The Labute approximate surface area is 163 Å². The number of rotatable bonds is 5. The van der Waals surface area contributed by atoms with E-state index in [1.165, 1.54) is 0 Å². The second-order valence-electron chi connectivity index (χ2n) is 7.60. The van der Waals surface area contributed by atoms with Gasteiger partial charge in [-0.15, -0.1) is 0 Å². The molecule has 0 radical (unpaired) electrons. The topological polar surface area (TPSA) is 82.1 Å². The number of fused-ring (bicyclic) bond motifs is 1. The van der Waals surface area contributed by atoms with Crippen molar-refractivity contribution in [2.24, 2.45) is 0 Å². The van der Waals surface area contributed by atoms with E-state index in [0.717, 1.165) is 34.3 Å². The lowest BCUT2D eigenvalue weighted by atomic mass is 9.90. The number of carbonyl (C=O) groups is 2. The van der Waals surface area contributed by atoms with Gasteiger partial charge in [-0.25, -0.2) is 4.79 Å². The van der Waals surface area contributed by atoms with Gasteiger partial charge in [0.25, 0.3) is 5.91 Å². The van der Waals surface area contributed by atoms with E-state index in [1.54, 1.807) is 6.92 Å². The van der Waals surface area contributed by atoms with Gasteiger partial charge in [-0.05, 0) is 29.3 Å². The van der Waals surface area contributed by atoms with E-state index in [-0.39, 0.29) is 12.5 Å². The molecule has 0 aromatic heterocycles. The zero-order valence-electron chi connectivity index (χ0n) is 15.9. The van der Waals surface area contributed by atoms with Crippen LogP contribution in [0.15, 0.2) is 42.5 Å². The van der Waals surface area contributed by atoms with Gasteiger partial charge in [0.05, 0.1) is 25.9 Å². The van der Waals surface area contributed by atoms with Gasteiger partial charge in [-0.1, -0.05) is 36.4 Å². The largest absolute Gasteiger partial charge is 0.390 e. The van der Waals surface area contributed by atoms with Crippen molar-refractivity contribution < 1.29 is 19.4 Å². The van der Waals surface area contributed by atoms with E-state index in [2.05, 4.69) is 10.2 Å². The van der Waals surface area contributed by atoms with Crippen molar-refractivity contribution in [3.05, 3.63) is 48.0 Å². The van der Waals surface area contributed by atoms with Crippen molar-refractivity contribution in [2.75, 3.05) is 39.4 Å². The number of ether oxygens (including phenoxy) is 1. The number of nitrogens with zero attached hydrogens (tertiary/aromatic N) is 2. The third-order valence-electron chi connectivity index (χ3n) is 5.57. The normalized spacial score (nSPS) is 24.6. The number of hydrogen-bond donors (Lipinski definition) is 2. The highest BCUT2D eigenvalue weighted by Gasteiger charge is 2.49. The maximum Gasteiger partial charge on any atom is 0.325 e. The average molecular weight is 383 g/mol. The molecule has 2 fully saturated rings. The van der Waals surface area contributed by atoms with Crippen LogP contribution >= 0.6 is 0 Å². The van der Waals surface area contributed by atoms with Gasteiger partial charge in [0.2, 0.25) is 0 Å². The molecule has 2 heterocycles. The molecule has 0 bridgehead atoms. The van der Waals surface area contributed by atoms with Crippen LogP contribution in [0, 0.1) is 0 Å². The number of benzene rings is 2. The van der Waals surface area contributed by atoms with Gasteiger partial charge < -0.3 is 15.2 Å². The number of hydrogen-bond acceptors (Lipinski definition) is 5.